The van der Waals surface area contributed by atoms with E-state index in [9.17, 15) is 52.7 Å². The van der Waals surface area contributed by atoms with Crippen LogP contribution in [-0.4, -0.2) is 155 Å². The molecule has 0 spiro atoms. The highest BCUT2D eigenvalue weighted by molar-refractivity contribution is 8.76. The van der Waals surface area contributed by atoms with E-state index in [1.807, 2.05) is 0 Å². The number of primary amides is 3. The van der Waals surface area contributed by atoms with Gasteiger partial charge >= 0.3 is 0 Å². The fourth-order valence-corrected chi connectivity index (χ4v) is 9.13. The minimum atomic E-state index is -1.76. The molecule has 1 aromatic rings. The summed E-state index contributed by atoms with van der Waals surface area (Å²) >= 11 is 0. The molecule has 2 aliphatic rings. The third-order valence-electron chi connectivity index (χ3n) is 10.4. The molecule has 2 fully saturated rings. The molecule has 28 heteroatoms. The van der Waals surface area contributed by atoms with Crippen LogP contribution in [0, 0.1) is 0 Å². The molecular formula is C40H61N15O11S2. The van der Waals surface area contributed by atoms with Crippen LogP contribution in [0.3, 0.4) is 0 Å². The van der Waals surface area contributed by atoms with Crippen LogP contribution < -0.4 is 71.6 Å². The first kappa shape index (κ1) is 55.6. The van der Waals surface area contributed by atoms with Gasteiger partial charge in [-0.15, -0.1) is 0 Å². The van der Waals surface area contributed by atoms with Crippen molar-refractivity contribution in [2.75, 3.05) is 31.1 Å². The molecule has 19 N–H and O–H groups in total. The number of hydrogen-bond acceptors (Lipinski definition) is 15. The Kier molecular flexibility index (Phi) is 22.8. The first-order valence-electron chi connectivity index (χ1n) is 21.5. The van der Waals surface area contributed by atoms with E-state index in [4.69, 9.17) is 34.4 Å². The SMILES string of the molecule is C[C@@H]1NC(=O)[C@@H](N)CSSC[C@@H](C(=O)N2CCC[C@H]2C(=O)N[C@@H](CCCN=C(N)N)C(=O)NCC(N)=O)NC(=O)[C@H](CC(N)=O)NC(=O)[C@H](CCC(N)=O)NC(=O)[C@H](Cc2ccccc2)NC1=O. The fraction of sp³-hybridized carbons (Fsp3) is 0.550. The van der Waals surface area contributed by atoms with Gasteiger partial charge in [0, 0.05) is 37.4 Å². The van der Waals surface area contributed by atoms with Crippen molar-refractivity contribution in [2.45, 2.75) is 107 Å². The van der Waals surface area contributed by atoms with E-state index < -0.39 is 139 Å². The van der Waals surface area contributed by atoms with Crippen molar-refractivity contribution in [3.8, 4) is 0 Å². The average Bonchev–Trinajstić information content (AvgIpc) is 3.78. The summed E-state index contributed by atoms with van der Waals surface area (Å²) in [5, 5.41) is 17.4. The van der Waals surface area contributed by atoms with Gasteiger partial charge in [-0.05, 0) is 44.6 Å². The highest BCUT2D eigenvalue weighted by Crippen LogP contribution is 2.26. The zero-order chi connectivity index (χ0) is 50.5. The van der Waals surface area contributed by atoms with Crippen LogP contribution in [0.15, 0.2) is 35.3 Å². The summed E-state index contributed by atoms with van der Waals surface area (Å²) < 4.78 is 0. The van der Waals surface area contributed by atoms with Gasteiger partial charge in [-0.25, -0.2) is 0 Å². The second kappa shape index (κ2) is 27.8. The van der Waals surface area contributed by atoms with Gasteiger partial charge in [-0.3, -0.25) is 57.7 Å². The van der Waals surface area contributed by atoms with Crippen LogP contribution in [0.2, 0.25) is 0 Å². The van der Waals surface area contributed by atoms with Crippen LogP contribution in [0.1, 0.15) is 57.4 Å². The van der Waals surface area contributed by atoms with Gasteiger partial charge in [0.2, 0.25) is 65.0 Å². The number of hydrogen-bond donors (Lipinski definition) is 13. The Morgan fingerprint density at radius 2 is 1.41 bits per heavy atom. The quantitative estimate of drug-likeness (QED) is 0.0299. The smallest absolute Gasteiger partial charge is 0.246 e. The third-order valence-corrected chi connectivity index (χ3v) is 12.8. The molecule has 0 bridgehead atoms. The highest BCUT2D eigenvalue weighted by Gasteiger charge is 2.40. The number of guanidine groups is 1. The number of nitrogens with two attached hydrogens (primary N) is 6. The number of carbonyl (C=O) groups is 11. The van der Waals surface area contributed by atoms with Crippen molar-refractivity contribution in [1.29, 1.82) is 0 Å². The normalized spacial score (nSPS) is 23.8. The molecule has 8 atom stereocenters. The minimum Gasteiger partial charge on any atom is -0.370 e. The third kappa shape index (κ3) is 18.9. The second-order valence-corrected chi connectivity index (χ2v) is 18.5. The van der Waals surface area contributed by atoms with E-state index in [2.05, 4.69) is 42.2 Å². The lowest BCUT2D eigenvalue weighted by atomic mass is 10.0. The van der Waals surface area contributed by atoms with E-state index in [1.54, 1.807) is 30.3 Å². The molecule has 0 aliphatic carbocycles. The van der Waals surface area contributed by atoms with Gasteiger partial charge in [0.05, 0.1) is 19.0 Å². The number of nitrogens with zero attached hydrogens (tertiary/aromatic N) is 2. The molecular weight excluding hydrogens is 931 g/mol. The van der Waals surface area contributed by atoms with Crippen LogP contribution in [0.25, 0.3) is 0 Å². The predicted octanol–water partition coefficient (Wildman–Crippen LogP) is -6.33. The number of rotatable bonds is 17. The van der Waals surface area contributed by atoms with Crippen LogP contribution >= 0.6 is 21.6 Å². The number of carbonyl (C=O) groups excluding carboxylic acids is 11. The molecule has 2 aliphatic heterocycles. The number of benzene rings is 1. The molecule has 0 aromatic heterocycles. The van der Waals surface area contributed by atoms with Gasteiger partial charge < -0.3 is 76.5 Å². The maximum absolute atomic E-state index is 14.4. The lowest BCUT2D eigenvalue weighted by Gasteiger charge is -2.31. The monoisotopic (exact) mass is 991 g/mol. The molecule has 0 saturated carbocycles. The Hall–Kier alpha value is -6.68. The van der Waals surface area contributed by atoms with E-state index >= 15 is 0 Å². The number of likely N-dealkylation sites (tertiary alicyclic amines) is 1. The van der Waals surface area contributed by atoms with Crippen molar-refractivity contribution in [1.82, 2.24) is 42.1 Å². The Balaban J connectivity index is 1.98. The summed E-state index contributed by atoms with van der Waals surface area (Å²) in [4.78, 5) is 151. The van der Waals surface area contributed by atoms with Crippen LogP contribution in [0.5, 0.6) is 0 Å². The van der Waals surface area contributed by atoms with Crippen LogP contribution in [0.4, 0.5) is 0 Å². The molecule has 3 rings (SSSR count). The predicted molar refractivity (Wildman–Crippen MR) is 249 cm³/mol. The lowest BCUT2D eigenvalue weighted by molar-refractivity contribution is -0.142. The molecule has 68 heavy (non-hydrogen) atoms. The summed E-state index contributed by atoms with van der Waals surface area (Å²) in [6.07, 6.45) is -1.04. The standard InChI is InChI=1S/C40H61N15O11S2/c1-20-32(59)52-25(15-21-7-3-2-4-8-21)36(63)50-24(11-12-29(42)56)35(62)53-26(16-30(43)57)37(64)54-27(19-68-67-18-22(41)33(60)49-20)39(66)55-14-6-10-28(55)38(65)51-23(9-5-13-47-40(45)46)34(61)48-17-31(44)58/h2-4,7-8,20,22-28H,5-6,9-19,41H2,1H3,(H2,42,56)(H2,43,57)(H2,44,58)(H,48,61)(H,49,60)(H,50,63)(H,51,65)(H,52,59)(H,53,62)(H,54,64)(H4,45,46,47)/t20-,22-,23-,24-,25-,26-,27-,28-/m0/s1. The molecule has 2 saturated heterocycles. The van der Waals surface area contributed by atoms with E-state index in [1.165, 1.54) is 11.8 Å². The van der Waals surface area contributed by atoms with E-state index in [-0.39, 0.29) is 56.2 Å². The second-order valence-electron chi connectivity index (χ2n) is 15.9. The highest BCUT2D eigenvalue weighted by atomic mass is 33.1. The van der Waals surface area contributed by atoms with Crippen molar-refractivity contribution < 1.29 is 52.7 Å². The van der Waals surface area contributed by atoms with E-state index in [0.717, 1.165) is 21.6 Å². The first-order chi connectivity index (χ1) is 32.2. The van der Waals surface area contributed by atoms with Gasteiger partial charge in [-0.1, -0.05) is 51.9 Å². The molecule has 0 radical (unpaired) electrons. The summed E-state index contributed by atoms with van der Waals surface area (Å²) in [7, 11) is 2.04. The fourth-order valence-electron chi connectivity index (χ4n) is 6.85. The van der Waals surface area contributed by atoms with Crippen molar-refractivity contribution >= 4 is 92.5 Å². The van der Waals surface area contributed by atoms with E-state index in [0.29, 0.717) is 12.0 Å². The topological polar surface area (TPSA) is 444 Å². The molecule has 2 heterocycles. The van der Waals surface area contributed by atoms with Crippen molar-refractivity contribution in [2.24, 2.45) is 39.4 Å². The van der Waals surface area contributed by atoms with Crippen molar-refractivity contribution in [3.63, 3.8) is 0 Å². The molecule has 0 unspecified atom stereocenters. The Labute approximate surface area is 399 Å². The zero-order valence-corrected chi connectivity index (χ0v) is 39.0. The number of amides is 11. The Morgan fingerprint density at radius 3 is 2.06 bits per heavy atom. The molecule has 11 amide bonds. The van der Waals surface area contributed by atoms with Gasteiger partial charge in [0.25, 0.3) is 0 Å². The lowest BCUT2D eigenvalue weighted by Crippen LogP contribution is -2.61. The number of aliphatic imine (C=N–C) groups is 1. The molecule has 374 valence electrons. The first-order valence-corrected chi connectivity index (χ1v) is 24.0. The van der Waals surface area contributed by atoms with Crippen LogP contribution in [-0.2, 0) is 59.2 Å². The largest absolute Gasteiger partial charge is 0.370 e. The summed E-state index contributed by atoms with van der Waals surface area (Å²) in [6, 6.07) is -2.47. The number of nitrogens with one attached hydrogen (secondary N) is 7. The summed E-state index contributed by atoms with van der Waals surface area (Å²) in [5.74, 6) is -10.1. The minimum absolute atomic E-state index is 0.0148. The van der Waals surface area contributed by atoms with Gasteiger partial charge in [-0.2, -0.15) is 0 Å². The molecule has 26 nitrogen and oxygen atoms in total. The molecule has 1 aromatic carbocycles. The maximum atomic E-state index is 14.4. The van der Waals surface area contributed by atoms with Crippen molar-refractivity contribution in [3.05, 3.63) is 35.9 Å². The average molecular weight is 992 g/mol. The Morgan fingerprint density at radius 1 is 0.779 bits per heavy atom. The van der Waals surface area contributed by atoms with Gasteiger partial charge in [0.15, 0.2) is 5.96 Å². The summed E-state index contributed by atoms with van der Waals surface area (Å²) in [5.41, 5.74) is 33.6. The zero-order valence-electron chi connectivity index (χ0n) is 37.4. The van der Waals surface area contributed by atoms with Gasteiger partial charge in [0.1, 0.15) is 42.3 Å². The Bertz CT molecular complexity index is 2050. The summed E-state index contributed by atoms with van der Waals surface area (Å²) in [6.45, 7) is 0.968. The maximum Gasteiger partial charge on any atom is 0.246 e.